The number of non-ortho nitro benzene ring substituents is 1. The van der Waals surface area contributed by atoms with Crippen LogP contribution in [0.15, 0.2) is 40.9 Å². The lowest BCUT2D eigenvalue weighted by molar-refractivity contribution is -0.385. The number of hydrogen-bond acceptors (Lipinski definition) is 4. The van der Waals surface area contributed by atoms with Crippen molar-refractivity contribution in [3.8, 4) is 17.2 Å². The predicted octanol–water partition coefficient (Wildman–Crippen LogP) is 4.30. The van der Waals surface area contributed by atoms with Gasteiger partial charge in [0.2, 0.25) is 0 Å². The first kappa shape index (κ1) is 14.3. The maximum atomic E-state index is 13.7. The summed E-state index contributed by atoms with van der Waals surface area (Å²) in [6, 6.07) is 8.16. The molecular weight excluding hydrogens is 333 g/mol. The Balaban J connectivity index is 2.33. The van der Waals surface area contributed by atoms with Crippen molar-refractivity contribution < 1.29 is 18.8 Å². The molecule has 7 heteroatoms. The molecule has 0 aliphatic rings. The van der Waals surface area contributed by atoms with Gasteiger partial charge >= 0.3 is 0 Å². The van der Waals surface area contributed by atoms with E-state index in [1.807, 2.05) is 0 Å². The molecule has 0 saturated heterocycles. The zero-order valence-corrected chi connectivity index (χ0v) is 11.9. The van der Waals surface area contributed by atoms with E-state index in [-0.39, 0.29) is 11.4 Å². The number of hydrogen-bond donors (Lipinski definition) is 0. The van der Waals surface area contributed by atoms with Crippen molar-refractivity contribution in [3.63, 3.8) is 0 Å². The minimum absolute atomic E-state index is 0.115. The highest BCUT2D eigenvalue weighted by atomic mass is 79.9. The van der Waals surface area contributed by atoms with Gasteiger partial charge in [0.1, 0.15) is 0 Å². The smallest absolute Gasteiger partial charge is 0.272 e. The van der Waals surface area contributed by atoms with E-state index in [0.717, 1.165) is 10.5 Å². The zero-order valence-electron chi connectivity index (χ0n) is 10.3. The molecule has 0 aromatic heterocycles. The van der Waals surface area contributed by atoms with Crippen molar-refractivity contribution in [1.29, 1.82) is 0 Å². The van der Waals surface area contributed by atoms with Gasteiger partial charge in [-0.2, -0.15) is 0 Å². The number of methoxy groups -OCH3 is 1. The summed E-state index contributed by atoms with van der Waals surface area (Å²) in [5.74, 6) is -0.207. The lowest BCUT2D eigenvalue weighted by atomic mass is 10.3. The van der Waals surface area contributed by atoms with Crippen LogP contribution in [0.4, 0.5) is 10.1 Å². The van der Waals surface area contributed by atoms with Crippen LogP contribution in [0.1, 0.15) is 0 Å². The summed E-state index contributed by atoms with van der Waals surface area (Å²) in [5.41, 5.74) is -0.336. The lowest BCUT2D eigenvalue weighted by Gasteiger charge is -2.11. The summed E-state index contributed by atoms with van der Waals surface area (Å²) < 4.78 is 25.0. The summed E-state index contributed by atoms with van der Waals surface area (Å²) in [6.07, 6.45) is 0. The highest BCUT2D eigenvalue weighted by molar-refractivity contribution is 9.10. The lowest BCUT2D eigenvalue weighted by Crippen LogP contribution is -1.94. The monoisotopic (exact) mass is 341 g/mol. The highest BCUT2D eigenvalue weighted by Crippen LogP contribution is 2.35. The van der Waals surface area contributed by atoms with E-state index in [9.17, 15) is 14.5 Å². The van der Waals surface area contributed by atoms with Gasteiger partial charge in [-0.25, -0.2) is 4.39 Å². The standard InChI is InChI=1S/C13H9BrFNO4/c1-19-13-6-8(14)2-4-12(13)20-11-5-3-9(16(17)18)7-10(11)15/h2-7H,1H3. The Hall–Kier alpha value is -2.15. The molecule has 0 radical (unpaired) electrons. The second-order valence-corrected chi connectivity index (χ2v) is 4.68. The molecule has 0 N–H and O–H groups in total. The second-order valence-electron chi connectivity index (χ2n) is 3.77. The van der Waals surface area contributed by atoms with Gasteiger partial charge in [-0.3, -0.25) is 10.1 Å². The number of rotatable bonds is 4. The topological polar surface area (TPSA) is 61.6 Å². The van der Waals surface area contributed by atoms with E-state index in [1.54, 1.807) is 18.2 Å². The van der Waals surface area contributed by atoms with Crippen LogP contribution in [0, 0.1) is 15.9 Å². The van der Waals surface area contributed by atoms with Gasteiger partial charge in [0.05, 0.1) is 18.1 Å². The minimum atomic E-state index is -0.816. The predicted molar refractivity (Wildman–Crippen MR) is 73.8 cm³/mol. The van der Waals surface area contributed by atoms with Gasteiger partial charge in [0, 0.05) is 10.5 Å². The van der Waals surface area contributed by atoms with Crippen LogP contribution in [0.2, 0.25) is 0 Å². The zero-order chi connectivity index (χ0) is 14.7. The number of halogens is 2. The number of nitro groups is 1. The third-order valence-electron chi connectivity index (χ3n) is 2.47. The molecule has 0 saturated carbocycles. The molecule has 104 valence electrons. The minimum Gasteiger partial charge on any atom is -0.493 e. The third-order valence-corrected chi connectivity index (χ3v) is 2.97. The van der Waals surface area contributed by atoms with Gasteiger partial charge < -0.3 is 9.47 Å². The van der Waals surface area contributed by atoms with Crippen LogP contribution in [-0.4, -0.2) is 12.0 Å². The third kappa shape index (κ3) is 3.05. The fourth-order valence-corrected chi connectivity index (χ4v) is 1.87. The fourth-order valence-electron chi connectivity index (χ4n) is 1.53. The SMILES string of the molecule is COc1cc(Br)ccc1Oc1ccc([N+](=O)[O-])cc1F. The quantitative estimate of drug-likeness (QED) is 0.614. The van der Waals surface area contributed by atoms with Crippen molar-refractivity contribution in [1.82, 2.24) is 0 Å². The Kier molecular flexibility index (Phi) is 4.19. The molecule has 2 aromatic carbocycles. The van der Waals surface area contributed by atoms with Crippen molar-refractivity contribution >= 4 is 21.6 Å². The molecular formula is C13H9BrFNO4. The Morgan fingerprint density at radius 3 is 2.45 bits per heavy atom. The molecule has 0 atom stereocenters. The summed E-state index contributed by atoms with van der Waals surface area (Å²) in [4.78, 5) is 9.86. The summed E-state index contributed by atoms with van der Waals surface area (Å²) in [5, 5.41) is 10.5. The van der Waals surface area contributed by atoms with Gasteiger partial charge in [-0.05, 0) is 24.3 Å². The largest absolute Gasteiger partial charge is 0.493 e. The van der Waals surface area contributed by atoms with E-state index >= 15 is 0 Å². The molecule has 0 aliphatic carbocycles. The van der Waals surface area contributed by atoms with Crippen LogP contribution in [0.25, 0.3) is 0 Å². The molecule has 0 bridgehead atoms. The molecule has 2 aromatic rings. The van der Waals surface area contributed by atoms with E-state index in [0.29, 0.717) is 11.5 Å². The van der Waals surface area contributed by atoms with E-state index in [4.69, 9.17) is 9.47 Å². The first-order chi connectivity index (χ1) is 9.51. The number of benzene rings is 2. The molecule has 0 heterocycles. The molecule has 0 aliphatic heterocycles. The normalized spacial score (nSPS) is 10.2. The molecule has 20 heavy (non-hydrogen) atoms. The van der Waals surface area contributed by atoms with Crippen LogP contribution in [0.3, 0.4) is 0 Å². The molecule has 2 rings (SSSR count). The molecule has 0 fully saturated rings. The van der Waals surface area contributed by atoms with Crippen LogP contribution in [0.5, 0.6) is 17.2 Å². The summed E-state index contributed by atoms with van der Waals surface area (Å²) >= 11 is 3.28. The molecule has 0 amide bonds. The van der Waals surface area contributed by atoms with Crippen LogP contribution in [-0.2, 0) is 0 Å². The molecule has 0 unspecified atom stereocenters. The van der Waals surface area contributed by atoms with Crippen molar-refractivity contribution in [2.45, 2.75) is 0 Å². The van der Waals surface area contributed by atoms with Gasteiger partial charge in [0.25, 0.3) is 5.69 Å². The Morgan fingerprint density at radius 1 is 1.15 bits per heavy atom. The Labute approximate surface area is 122 Å². The van der Waals surface area contributed by atoms with Gasteiger partial charge in [-0.1, -0.05) is 15.9 Å². The summed E-state index contributed by atoms with van der Waals surface area (Å²) in [7, 11) is 1.46. The van der Waals surface area contributed by atoms with Gasteiger partial charge in [0.15, 0.2) is 23.1 Å². The maximum Gasteiger partial charge on any atom is 0.272 e. The van der Waals surface area contributed by atoms with Crippen LogP contribution >= 0.6 is 15.9 Å². The van der Waals surface area contributed by atoms with Crippen molar-refractivity contribution in [3.05, 3.63) is 56.8 Å². The molecule has 0 spiro atoms. The van der Waals surface area contributed by atoms with Crippen LogP contribution < -0.4 is 9.47 Å². The first-order valence-corrected chi connectivity index (χ1v) is 6.26. The van der Waals surface area contributed by atoms with E-state index < -0.39 is 10.7 Å². The van der Waals surface area contributed by atoms with Crippen molar-refractivity contribution in [2.24, 2.45) is 0 Å². The highest BCUT2D eigenvalue weighted by Gasteiger charge is 2.14. The fraction of sp³-hybridized carbons (Fsp3) is 0.0769. The average molecular weight is 342 g/mol. The first-order valence-electron chi connectivity index (χ1n) is 5.46. The average Bonchev–Trinajstić information content (AvgIpc) is 2.42. The van der Waals surface area contributed by atoms with E-state index in [2.05, 4.69) is 15.9 Å². The Morgan fingerprint density at radius 2 is 1.85 bits per heavy atom. The van der Waals surface area contributed by atoms with Gasteiger partial charge in [-0.15, -0.1) is 0 Å². The van der Waals surface area contributed by atoms with Crippen molar-refractivity contribution in [2.75, 3.05) is 7.11 Å². The summed E-state index contributed by atoms with van der Waals surface area (Å²) in [6.45, 7) is 0. The number of nitro benzene ring substituents is 1. The number of nitrogens with zero attached hydrogens (tertiary/aromatic N) is 1. The molecule has 5 nitrogen and oxygen atoms in total. The Bertz CT molecular complexity index is 663. The number of ether oxygens (including phenoxy) is 2. The van der Waals surface area contributed by atoms with E-state index in [1.165, 1.54) is 19.2 Å². The maximum absolute atomic E-state index is 13.7. The second kappa shape index (κ2) is 5.87.